The van der Waals surface area contributed by atoms with Crippen LogP contribution in [0.3, 0.4) is 0 Å². The maximum atomic E-state index is 8.22. The first-order chi connectivity index (χ1) is 56.8. The Morgan fingerprint density at radius 2 is 0.818 bits per heavy atom. The Kier molecular flexibility index (Phi) is 12.1. The normalized spacial score (nSPS) is 13.9. The lowest BCUT2D eigenvalue weighted by molar-refractivity contribution is -0.648. The van der Waals surface area contributed by atoms with Crippen LogP contribution < -0.4 is 22.8 Å². The number of nitrogens with zero attached hydrogens (tertiary/aromatic N) is 18. The van der Waals surface area contributed by atoms with E-state index >= 15 is 0 Å². The van der Waals surface area contributed by atoms with Crippen molar-refractivity contribution in [1.82, 2.24) is 62.7 Å². The van der Waals surface area contributed by atoms with E-state index in [0.717, 1.165) is 159 Å². The monoisotopic (exact) mass is 1460 g/mol. The van der Waals surface area contributed by atoms with Crippen LogP contribution in [0.15, 0.2) is 274 Å². The molecule has 0 unspecified atom stereocenters. The van der Waals surface area contributed by atoms with E-state index in [1.807, 2.05) is 171 Å². The van der Waals surface area contributed by atoms with Gasteiger partial charge in [-0.1, -0.05) is 72.8 Å². The van der Waals surface area contributed by atoms with Crippen LogP contribution in [0.4, 0.5) is 0 Å². The number of para-hydroxylation sites is 2. The highest BCUT2D eigenvalue weighted by atomic mass is 32.1. The third-order valence-electron chi connectivity index (χ3n) is 21.7. The zero-order valence-corrected chi connectivity index (χ0v) is 59.2. The fourth-order valence-electron chi connectivity index (χ4n) is 16.9. The molecule has 0 radical (unpaired) electrons. The van der Waals surface area contributed by atoms with Crippen molar-refractivity contribution in [3.8, 4) is 68.6 Å². The van der Waals surface area contributed by atoms with Gasteiger partial charge >= 0.3 is 28.4 Å². The topological polar surface area (TPSA) is 200 Å². The lowest BCUT2D eigenvalue weighted by Gasteiger charge is -2.04. The second-order valence-corrected chi connectivity index (χ2v) is 28.6. The van der Waals surface area contributed by atoms with Crippen LogP contribution >= 0.6 is 11.3 Å². The molecular weight excluding hydrogens is 1390 g/mol. The van der Waals surface area contributed by atoms with E-state index in [4.69, 9.17) is 25.9 Å². The summed E-state index contributed by atoms with van der Waals surface area (Å²) in [5, 5.41) is 5.09. The number of hydrogen-bond acceptors (Lipinski definition) is 13. The predicted molar refractivity (Wildman–Crippen MR) is 416 cm³/mol. The van der Waals surface area contributed by atoms with Crippen LogP contribution in [-0.2, 0) is 53.7 Å². The summed E-state index contributed by atoms with van der Waals surface area (Å²) in [5.41, 5.74) is 24.4. The first kappa shape index (κ1) is 56.0. The Morgan fingerprint density at radius 3 is 1.44 bits per heavy atom. The molecule has 0 saturated carbocycles. The molecule has 4 aromatic carbocycles. The van der Waals surface area contributed by atoms with E-state index in [1.165, 1.54) is 47.2 Å². The van der Waals surface area contributed by atoms with Crippen LogP contribution in [0.25, 0.3) is 178 Å². The van der Waals surface area contributed by atoms with Gasteiger partial charge in [0.15, 0.2) is 31.7 Å². The van der Waals surface area contributed by atoms with Crippen molar-refractivity contribution in [3.63, 3.8) is 0 Å². The van der Waals surface area contributed by atoms with E-state index < -0.39 is 14.0 Å². The second-order valence-electron chi connectivity index (χ2n) is 27.6. The van der Waals surface area contributed by atoms with E-state index in [9.17, 15) is 0 Å². The largest absolute Gasteiger partial charge is 0.396 e. The summed E-state index contributed by atoms with van der Waals surface area (Å²) >= 11 is 1.70. The second kappa shape index (κ2) is 23.8. The number of thiophene rings is 1. The van der Waals surface area contributed by atoms with E-state index in [-0.39, 0.29) is 0 Å². The van der Waals surface area contributed by atoms with Gasteiger partial charge < -0.3 is 26.8 Å². The molecule has 0 saturated heterocycles. The Hall–Kier alpha value is -14.5. The Labute approximate surface area is 635 Å². The number of oxazole rings is 4. The van der Waals surface area contributed by atoms with Crippen molar-refractivity contribution in [1.29, 1.82) is 0 Å². The minimum absolute atomic E-state index is 0.352. The Morgan fingerprint density at radius 1 is 0.364 bits per heavy atom. The summed E-state index contributed by atoms with van der Waals surface area (Å²) in [4.78, 5) is 36.3. The standard InChI is InChI=1S/C22H17N4.C20H13N4O.2C15H11N4O.C15H9N2OS/c1-24-20-18(12-7-13-23-20)19-22(24)25-14-15-8-5-6-11-17(15)21(25)26(19)16-9-3-2-4-10-16;1-2-4-14(5-3-1)24-17-11-22-9-7-16(17)18-20(24)25-19-15-6-8-21-10-13(15)12-23(18)19;2*1-18-12-7-17-5-3-11(12)13-15(18)20-14-10-2-4-16-6-9(10)8-19(13)14;1-2-5-10-9(4-1)8-17-14(10)18-12-11-6-3-7-16-13(11)19-15(12)17/h2-13H,14H2,1H3;1-11H,12H2;2*2-7H,8H2,1H3;1-7H,8H2/q5*+1/i1D3;;1D3;;. The molecule has 0 bridgehead atoms. The van der Waals surface area contributed by atoms with Crippen LogP contribution in [0.1, 0.15) is 36.0 Å². The molecule has 23 heterocycles. The van der Waals surface area contributed by atoms with Gasteiger partial charge in [0.05, 0.1) is 124 Å². The molecule has 0 amide bonds. The van der Waals surface area contributed by atoms with Crippen molar-refractivity contribution < 1.29 is 48.7 Å². The number of pyridine rings is 8. The molecule has 5 aliphatic heterocycles. The van der Waals surface area contributed by atoms with Gasteiger partial charge in [-0.25, -0.2) is 23.7 Å². The quantitative estimate of drug-likeness (QED) is 0.149. The van der Waals surface area contributed by atoms with Gasteiger partial charge in [0.25, 0.3) is 39.3 Å². The average molecular weight is 1460 g/mol. The van der Waals surface area contributed by atoms with E-state index in [0.29, 0.717) is 41.5 Å². The minimum Gasteiger partial charge on any atom is -0.396 e. The minimum atomic E-state index is -2.34. The average Bonchev–Trinajstić information content (AvgIpc) is 1.53. The van der Waals surface area contributed by atoms with Gasteiger partial charge in [-0.3, -0.25) is 34.5 Å². The van der Waals surface area contributed by atoms with Crippen LogP contribution in [0, 0.1) is 0 Å². The Balaban J connectivity index is 0.0000000861. The first-order valence-electron chi connectivity index (χ1n) is 38.9. The molecule has 18 aromatic heterocycles. The van der Waals surface area contributed by atoms with Crippen molar-refractivity contribution >= 4 is 121 Å². The number of imidazole rings is 1. The van der Waals surface area contributed by atoms with E-state index in [1.54, 1.807) is 36.1 Å². The zero-order valence-electron chi connectivity index (χ0n) is 64.4. The molecule has 110 heavy (non-hydrogen) atoms. The van der Waals surface area contributed by atoms with E-state index in [2.05, 4.69) is 145 Å². The molecule has 22 nitrogen and oxygen atoms in total. The van der Waals surface area contributed by atoms with Gasteiger partial charge in [-0.05, 0) is 108 Å². The molecule has 5 aliphatic rings. The number of aryl methyl sites for hydroxylation is 3. The van der Waals surface area contributed by atoms with Crippen LogP contribution in [0.2, 0.25) is 0 Å². The summed E-state index contributed by atoms with van der Waals surface area (Å²) in [6, 6.07) is 56.7. The summed E-state index contributed by atoms with van der Waals surface area (Å²) in [5.74, 6) is 4.46. The molecule has 23 heteroatoms. The number of hydrogen-bond donors (Lipinski definition) is 0. The molecular formula is C87H61N18O4S+5. The van der Waals surface area contributed by atoms with Gasteiger partial charge in [-0.2, -0.15) is 0 Å². The summed E-state index contributed by atoms with van der Waals surface area (Å²) in [7, 11) is 2.01. The highest BCUT2D eigenvalue weighted by Crippen LogP contribution is 2.43. The third-order valence-corrected chi connectivity index (χ3v) is 22.9. The first-order valence-corrected chi connectivity index (χ1v) is 36.7. The maximum Gasteiger partial charge on any atom is 0.383 e. The lowest BCUT2D eigenvalue weighted by Crippen LogP contribution is -2.33. The number of rotatable bonds is 2. The molecule has 524 valence electrons. The van der Waals surface area contributed by atoms with Gasteiger partial charge in [0.2, 0.25) is 17.1 Å². The lowest BCUT2D eigenvalue weighted by atomic mass is 10.1. The van der Waals surface area contributed by atoms with Crippen LogP contribution in [-0.4, -0.2) is 62.7 Å². The van der Waals surface area contributed by atoms with Crippen molar-refractivity contribution in [2.45, 2.75) is 32.7 Å². The highest BCUT2D eigenvalue weighted by molar-refractivity contribution is 7.24. The molecule has 0 aliphatic carbocycles. The van der Waals surface area contributed by atoms with Crippen molar-refractivity contribution in [3.05, 3.63) is 284 Å². The van der Waals surface area contributed by atoms with Gasteiger partial charge in [-0.15, -0.1) is 18.3 Å². The van der Waals surface area contributed by atoms with Gasteiger partial charge in [0.1, 0.15) is 10.5 Å². The third kappa shape index (κ3) is 8.93. The molecule has 0 fully saturated rings. The summed E-state index contributed by atoms with van der Waals surface area (Å²) in [6.07, 6.45) is 25.1. The number of benzene rings is 4. The highest BCUT2D eigenvalue weighted by Gasteiger charge is 2.42. The summed E-state index contributed by atoms with van der Waals surface area (Å²) < 4.78 is 92.7. The van der Waals surface area contributed by atoms with Crippen LogP contribution in [0.5, 0.6) is 0 Å². The SMILES string of the molecule is Cn1c2cnccc2c2c1oc1[n+]2Cc2cnccc2-1.[2H]C([2H])([2H])n1c2cnccc2c2c1oc1[n+]2Cc2cnccc2-1.[2H]C([2H])([2H])n1c2ncccc2c2c1[n+]1c(n2-c2ccccc2)-c2ccccc2C1.c1ccc(-n2c3cnccc3c3c2oc2[n+]3Cc3cnccc3-2)cc1.c1ccc2c(c1)C[n+]1c-2oc2c3cccnc3sc21. The molecule has 27 rings (SSSR count). The fraction of sp³-hybridized carbons (Fsp3) is 0.0920. The molecule has 0 spiro atoms. The smallest absolute Gasteiger partial charge is 0.383 e. The fourth-order valence-corrected chi connectivity index (χ4v) is 18.0. The number of fused-ring (bicyclic) bond motifs is 35. The summed E-state index contributed by atoms with van der Waals surface area (Å²) in [6.45, 7) is -0.939. The number of aromatic nitrogens is 18. The maximum absolute atomic E-state index is 8.22. The molecule has 0 N–H and O–H groups in total. The predicted octanol–water partition coefficient (Wildman–Crippen LogP) is 14.7. The van der Waals surface area contributed by atoms with Gasteiger partial charge in [0, 0.05) is 103 Å². The zero-order chi connectivity index (χ0) is 77.6. The molecule has 22 aromatic rings. The van der Waals surface area contributed by atoms with Crippen molar-refractivity contribution in [2.24, 2.45) is 21.0 Å². The molecule has 0 atom stereocenters. The van der Waals surface area contributed by atoms with Crippen molar-refractivity contribution in [2.75, 3.05) is 0 Å². The Bertz CT molecular complexity index is 7850.